The minimum absolute atomic E-state index is 0.165. The first-order valence-electron chi connectivity index (χ1n) is 7.08. The average Bonchev–Trinajstić information content (AvgIpc) is 2.30. The summed E-state index contributed by atoms with van der Waals surface area (Å²) in [6, 6.07) is 0. The maximum absolute atomic E-state index is 6.00. The summed E-state index contributed by atoms with van der Waals surface area (Å²) in [5, 5.41) is 3.11. The molecule has 0 aliphatic rings. The molecule has 1 aromatic heterocycles. The zero-order valence-corrected chi connectivity index (χ0v) is 13.2. The van der Waals surface area contributed by atoms with E-state index in [0.29, 0.717) is 11.8 Å². The number of rotatable bonds is 6. The number of ether oxygens (including phenoxy) is 1. The van der Waals surface area contributed by atoms with Gasteiger partial charge in [-0.3, -0.25) is 0 Å². The van der Waals surface area contributed by atoms with Gasteiger partial charge in [0.1, 0.15) is 11.6 Å². The Kier molecular flexibility index (Phi) is 5.58. The highest BCUT2D eigenvalue weighted by Gasteiger charge is 2.16. The first kappa shape index (κ1) is 15.7. The third-order valence-corrected chi connectivity index (χ3v) is 2.99. The van der Waals surface area contributed by atoms with Crippen molar-refractivity contribution in [2.24, 2.45) is 5.92 Å². The van der Waals surface area contributed by atoms with E-state index in [9.17, 15) is 0 Å². The molecule has 4 nitrogen and oxygen atoms in total. The minimum Gasteiger partial charge on any atom is -0.474 e. The van der Waals surface area contributed by atoms with Crippen LogP contribution in [0.1, 0.15) is 58.3 Å². The number of nitrogens with one attached hydrogen (secondary N) is 1. The molecule has 4 heteroatoms. The lowest BCUT2D eigenvalue weighted by molar-refractivity contribution is 0.183. The Morgan fingerprint density at radius 1 is 1.11 bits per heavy atom. The molecule has 1 aromatic rings. The first-order valence-corrected chi connectivity index (χ1v) is 7.08. The van der Waals surface area contributed by atoms with Crippen LogP contribution in [0.25, 0.3) is 0 Å². The number of nitrogens with zero attached hydrogens (tertiary/aromatic N) is 2. The highest BCUT2D eigenvalue weighted by Crippen LogP contribution is 2.26. The number of hydrogen-bond donors (Lipinski definition) is 1. The molecule has 0 radical (unpaired) electrons. The molecule has 1 N–H and O–H groups in total. The Balaban J connectivity index is 3.01. The van der Waals surface area contributed by atoms with Gasteiger partial charge in [-0.2, -0.15) is 4.98 Å². The van der Waals surface area contributed by atoms with Gasteiger partial charge in [0.15, 0.2) is 0 Å². The molecule has 0 aliphatic carbocycles. The van der Waals surface area contributed by atoms with Crippen molar-refractivity contribution < 1.29 is 4.74 Å². The Morgan fingerprint density at radius 2 is 1.74 bits per heavy atom. The van der Waals surface area contributed by atoms with Crippen molar-refractivity contribution in [2.45, 2.75) is 60.0 Å². The van der Waals surface area contributed by atoms with Crippen LogP contribution in [-0.2, 0) is 0 Å². The van der Waals surface area contributed by atoms with Gasteiger partial charge < -0.3 is 10.1 Å². The summed E-state index contributed by atoms with van der Waals surface area (Å²) in [5.74, 6) is 3.28. The van der Waals surface area contributed by atoms with Crippen LogP contribution in [0.3, 0.4) is 0 Å². The van der Waals surface area contributed by atoms with Gasteiger partial charge in [-0.05, 0) is 26.2 Å². The van der Waals surface area contributed by atoms with E-state index in [1.807, 2.05) is 14.0 Å². The molecule has 0 aliphatic heterocycles. The minimum atomic E-state index is 0.165. The SMILES string of the molecule is CNc1nc(C(C)C)nc(OC(C)CC(C)C)c1C. The summed E-state index contributed by atoms with van der Waals surface area (Å²) in [5.41, 5.74) is 0.975. The summed E-state index contributed by atoms with van der Waals surface area (Å²) >= 11 is 0. The molecule has 108 valence electrons. The van der Waals surface area contributed by atoms with E-state index in [1.165, 1.54) is 0 Å². The van der Waals surface area contributed by atoms with Crippen LogP contribution in [0.5, 0.6) is 5.88 Å². The quantitative estimate of drug-likeness (QED) is 0.850. The molecular weight excluding hydrogens is 238 g/mol. The normalized spacial score (nSPS) is 12.9. The maximum atomic E-state index is 6.00. The predicted molar refractivity (Wildman–Crippen MR) is 79.9 cm³/mol. The van der Waals surface area contributed by atoms with E-state index in [1.54, 1.807) is 0 Å². The zero-order valence-electron chi connectivity index (χ0n) is 13.2. The molecule has 0 amide bonds. The number of hydrogen-bond acceptors (Lipinski definition) is 4. The number of aromatic nitrogens is 2. The largest absolute Gasteiger partial charge is 0.474 e. The summed E-state index contributed by atoms with van der Waals surface area (Å²) in [4.78, 5) is 9.07. The van der Waals surface area contributed by atoms with Crippen molar-refractivity contribution in [1.82, 2.24) is 9.97 Å². The van der Waals surface area contributed by atoms with E-state index in [2.05, 4.69) is 49.9 Å². The second-order valence-corrected chi connectivity index (χ2v) is 5.82. The van der Waals surface area contributed by atoms with Gasteiger partial charge in [-0.25, -0.2) is 4.98 Å². The van der Waals surface area contributed by atoms with Gasteiger partial charge in [-0.1, -0.05) is 27.7 Å². The fourth-order valence-electron chi connectivity index (χ4n) is 2.03. The molecule has 0 fully saturated rings. The molecule has 1 rings (SSSR count). The summed E-state index contributed by atoms with van der Waals surface area (Å²) < 4.78 is 6.00. The highest BCUT2D eigenvalue weighted by atomic mass is 16.5. The van der Waals surface area contributed by atoms with E-state index < -0.39 is 0 Å². The van der Waals surface area contributed by atoms with Gasteiger partial charge in [0.2, 0.25) is 5.88 Å². The van der Waals surface area contributed by atoms with Crippen molar-refractivity contribution >= 4 is 5.82 Å². The molecule has 0 saturated heterocycles. The first-order chi connectivity index (χ1) is 8.85. The topological polar surface area (TPSA) is 47.0 Å². The third-order valence-electron chi connectivity index (χ3n) is 2.99. The predicted octanol–water partition coefficient (Wildman–Crippen LogP) is 3.76. The van der Waals surface area contributed by atoms with Gasteiger partial charge in [0, 0.05) is 13.0 Å². The van der Waals surface area contributed by atoms with E-state index in [-0.39, 0.29) is 12.0 Å². The standard InChI is InChI=1S/C15H27N3O/c1-9(2)8-11(5)19-15-12(6)14(16-7)17-13(18-15)10(3)4/h9-11H,8H2,1-7H3,(H,16,17,18). The van der Waals surface area contributed by atoms with Gasteiger partial charge in [0.25, 0.3) is 0 Å². The molecular formula is C15H27N3O. The molecule has 1 heterocycles. The van der Waals surface area contributed by atoms with Crippen LogP contribution in [0.15, 0.2) is 0 Å². The van der Waals surface area contributed by atoms with Crippen molar-refractivity contribution in [3.63, 3.8) is 0 Å². The van der Waals surface area contributed by atoms with Crippen LogP contribution in [-0.4, -0.2) is 23.1 Å². The third kappa shape index (κ3) is 4.37. The van der Waals surface area contributed by atoms with E-state index >= 15 is 0 Å². The molecule has 0 aromatic carbocycles. The second kappa shape index (κ2) is 6.73. The van der Waals surface area contributed by atoms with Gasteiger partial charge in [0.05, 0.1) is 11.7 Å². The lowest BCUT2D eigenvalue weighted by atomic mass is 10.1. The van der Waals surface area contributed by atoms with Crippen molar-refractivity contribution in [3.05, 3.63) is 11.4 Å². The Labute approximate surface area is 117 Å². The van der Waals surface area contributed by atoms with E-state index in [4.69, 9.17) is 4.74 Å². The van der Waals surface area contributed by atoms with Crippen molar-refractivity contribution in [2.75, 3.05) is 12.4 Å². The fraction of sp³-hybridized carbons (Fsp3) is 0.733. The van der Waals surface area contributed by atoms with Crippen LogP contribution in [0.2, 0.25) is 0 Å². The van der Waals surface area contributed by atoms with Crippen LogP contribution in [0, 0.1) is 12.8 Å². The Hall–Kier alpha value is -1.32. The summed E-state index contributed by atoms with van der Waals surface area (Å²) in [6.07, 6.45) is 1.19. The lowest BCUT2D eigenvalue weighted by Crippen LogP contribution is -2.17. The van der Waals surface area contributed by atoms with Crippen LogP contribution < -0.4 is 10.1 Å². The van der Waals surface area contributed by atoms with Gasteiger partial charge in [-0.15, -0.1) is 0 Å². The molecule has 19 heavy (non-hydrogen) atoms. The smallest absolute Gasteiger partial charge is 0.222 e. The maximum Gasteiger partial charge on any atom is 0.222 e. The summed E-state index contributed by atoms with van der Waals surface area (Å²) in [7, 11) is 1.88. The highest BCUT2D eigenvalue weighted by molar-refractivity contribution is 5.48. The van der Waals surface area contributed by atoms with E-state index in [0.717, 1.165) is 23.6 Å². The Bertz CT molecular complexity index is 416. The van der Waals surface area contributed by atoms with Crippen LogP contribution >= 0.6 is 0 Å². The van der Waals surface area contributed by atoms with Gasteiger partial charge >= 0.3 is 0 Å². The molecule has 0 spiro atoms. The fourth-order valence-corrected chi connectivity index (χ4v) is 2.03. The molecule has 1 atom stereocenters. The summed E-state index contributed by atoms with van der Waals surface area (Å²) in [6.45, 7) is 12.7. The molecule has 1 unspecified atom stereocenters. The van der Waals surface area contributed by atoms with Crippen molar-refractivity contribution in [3.8, 4) is 5.88 Å². The van der Waals surface area contributed by atoms with Crippen LogP contribution in [0.4, 0.5) is 5.82 Å². The molecule has 0 bridgehead atoms. The lowest BCUT2D eigenvalue weighted by Gasteiger charge is -2.19. The second-order valence-electron chi connectivity index (χ2n) is 5.82. The average molecular weight is 265 g/mol. The number of anilines is 1. The van der Waals surface area contributed by atoms with Crippen molar-refractivity contribution in [1.29, 1.82) is 0 Å². The monoisotopic (exact) mass is 265 g/mol. The molecule has 0 saturated carbocycles. The zero-order chi connectivity index (χ0) is 14.6. The Morgan fingerprint density at radius 3 is 2.21 bits per heavy atom.